The van der Waals surface area contributed by atoms with Crippen LogP contribution in [0, 0.1) is 23.5 Å². The van der Waals surface area contributed by atoms with Gasteiger partial charge in [0.1, 0.15) is 29.7 Å². The zero-order chi connectivity index (χ0) is 29.1. The molecule has 0 radical (unpaired) electrons. The number of nitrogens with one attached hydrogen (secondary N) is 1. The maximum absolute atomic E-state index is 13.9. The molecule has 8 heteroatoms. The summed E-state index contributed by atoms with van der Waals surface area (Å²) in [5, 5.41) is 13.3. The number of aliphatic carboxylic acids is 1. The maximum atomic E-state index is 13.9. The zero-order valence-electron chi connectivity index (χ0n) is 23.8. The molecular weight excluding hydrogens is 526 g/mol. The smallest absolute Gasteiger partial charge is 0.345 e. The summed E-state index contributed by atoms with van der Waals surface area (Å²) in [6.45, 7) is 9.94. The molecule has 41 heavy (non-hydrogen) atoms. The van der Waals surface area contributed by atoms with Crippen LogP contribution in [0.25, 0.3) is 0 Å². The van der Waals surface area contributed by atoms with Crippen LogP contribution in [0.1, 0.15) is 37.5 Å². The van der Waals surface area contributed by atoms with Gasteiger partial charge in [-0.3, -0.25) is 4.90 Å². The number of piperidine rings is 1. The number of carbonyl (C=O) groups is 1. The third kappa shape index (κ3) is 7.43. The summed E-state index contributed by atoms with van der Waals surface area (Å²) < 4.78 is 38.7. The standard InChI is InChI=1S/C33H38F2N2O4/c1-33(2,3)23-7-12-26(13-8-23)41-30(32(38)39)16-21-4-10-25(11-5-21)40-15-14-36-31-27-19-37(20-28(27)31)18-22-6-9-24(34)17-29(22)35/h4-13,17,27-28,30-31,36H,14-16,18-20H2,1-3H3,(H,38,39)/t27-,28?,30-,31?/m0/s1. The van der Waals surface area contributed by atoms with Crippen molar-refractivity contribution in [2.75, 3.05) is 26.2 Å². The number of carboxylic acids is 1. The number of halogens is 2. The van der Waals surface area contributed by atoms with Crippen LogP contribution in [0.5, 0.6) is 11.5 Å². The third-order valence-electron chi connectivity index (χ3n) is 8.05. The first kappa shape index (κ1) is 29.0. The summed E-state index contributed by atoms with van der Waals surface area (Å²) in [7, 11) is 0. The Balaban J connectivity index is 1.01. The van der Waals surface area contributed by atoms with Gasteiger partial charge in [-0.15, -0.1) is 0 Å². The lowest BCUT2D eigenvalue weighted by Gasteiger charge is -2.20. The number of benzene rings is 3. The molecule has 5 rings (SSSR count). The Hall–Kier alpha value is -3.49. The second-order valence-electron chi connectivity index (χ2n) is 12.2. The molecule has 0 aromatic heterocycles. The molecule has 218 valence electrons. The van der Waals surface area contributed by atoms with Crippen LogP contribution in [-0.4, -0.2) is 54.4 Å². The first-order chi connectivity index (χ1) is 19.6. The van der Waals surface area contributed by atoms with Crippen LogP contribution >= 0.6 is 0 Å². The second kappa shape index (κ2) is 12.2. The molecule has 1 heterocycles. The van der Waals surface area contributed by atoms with Gasteiger partial charge in [0.25, 0.3) is 0 Å². The molecule has 1 aliphatic heterocycles. The number of ether oxygens (including phenoxy) is 2. The maximum Gasteiger partial charge on any atom is 0.345 e. The Morgan fingerprint density at radius 3 is 2.27 bits per heavy atom. The zero-order valence-corrected chi connectivity index (χ0v) is 23.8. The third-order valence-corrected chi connectivity index (χ3v) is 8.05. The van der Waals surface area contributed by atoms with E-state index in [9.17, 15) is 18.7 Å². The minimum absolute atomic E-state index is 0.0133. The summed E-state index contributed by atoms with van der Waals surface area (Å²) in [5.74, 6) is 0.330. The van der Waals surface area contributed by atoms with Crippen molar-refractivity contribution in [2.24, 2.45) is 11.8 Å². The van der Waals surface area contributed by atoms with Crippen LogP contribution in [0.15, 0.2) is 66.7 Å². The van der Waals surface area contributed by atoms with E-state index >= 15 is 0 Å². The van der Waals surface area contributed by atoms with Crippen molar-refractivity contribution in [1.82, 2.24) is 10.2 Å². The molecule has 4 atom stereocenters. The van der Waals surface area contributed by atoms with E-state index in [0.717, 1.165) is 42.6 Å². The Morgan fingerprint density at radius 2 is 1.66 bits per heavy atom. The van der Waals surface area contributed by atoms with Gasteiger partial charge in [-0.25, -0.2) is 13.6 Å². The summed E-state index contributed by atoms with van der Waals surface area (Å²) in [5.41, 5.74) is 2.56. The lowest BCUT2D eigenvalue weighted by Crippen LogP contribution is -2.33. The molecule has 3 aromatic carbocycles. The van der Waals surface area contributed by atoms with E-state index in [0.29, 0.717) is 42.3 Å². The summed E-state index contributed by atoms with van der Waals surface area (Å²) >= 11 is 0. The molecule has 3 aromatic rings. The van der Waals surface area contributed by atoms with Crippen molar-refractivity contribution < 1.29 is 28.2 Å². The summed E-state index contributed by atoms with van der Waals surface area (Å²) in [4.78, 5) is 14.1. The van der Waals surface area contributed by atoms with E-state index in [1.54, 1.807) is 0 Å². The molecule has 1 saturated carbocycles. The van der Waals surface area contributed by atoms with Crippen LogP contribution in [0.3, 0.4) is 0 Å². The van der Waals surface area contributed by atoms with Crippen LogP contribution < -0.4 is 14.8 Å². The van der Waals surface area contributed by atoms with Gasteiger partial charge in [-0.1, -0.05) is 51.1 Å². The molecule has 2 fully saturated rings. The number of rotatable bonds is 12. The lowest BCUT2D eigenvalue weighted by atomic mass is 9.87. The van der Waals surface area contributed by atoms with Crippen LogP contribution in [0.4, 0.5) is 8.78 Å². The molecule has 2 aliphatic rings. The number of nitrogens with zero attached hydrogens (tertiary/aromatic N) is 1. The Kier molecular flexibility index (Phi) is 8.61. The molecule has 0 spiro atoms. The molecule has 6 nitrogen and oxygen atoms in total. The summed E-state index contributed by atoms with van der Waals surface area (Å²) in [6, 6.07) is 19.3. The first-order valence-electron chi connectivity index (χ1n) is 14.2. The van der Waals surface area contributed by atoms with E-state index in [4.69, 9.17) is 9.47 Å². The second-order valence-corrected chi connectivity index (χ2v) is 12.2. The Morgan fingerprint density at radius 1 is 1.00 bits per heavy atom. The lowest BCUT2D eigenvalue weighted by molar-refractivity contribution is -0.145. The van der Waals surface area contributed by atoms with Gasteiger partial charge in [-0.05, 0) is 58.7 Å². The van der Waals surface area contributed by atoms with Crippen molar-refractivity contribution in [3.63, 3.8) is 0 Å². The molecule has 2 N–H and O–H groups in total. The van der Waals surface area contributed by atoms with E-state index in [-0.39, 0.29) is 11.8 Å². The minimum Gasteiger partial charge on any atom is -0.492 e. The van der Waals surface area contributed by atoms with E-state index in [2.05, 4.69) is 31.0 Å². The highest BCUT2D eigenvalue weighted by Crippen LogP contribution is 2.45. The fraction of sp³-hybridized carbons (Fsp3) is 0.424. The fourth-order valence-electron chi connectivity index (χ4n) is 5.64. The van der Waals surface area contributed by atoms with E-state index < -0.39 is 23.7 Å². The average molecular weight is 565 g/mol. The molecule has 1 aliphatic carbocycles. The number of hydrogen-bond acceptors (Lipinski definition) is 5. The molecular formula is C33H38F2N2O4. The number of fused-ring (bicyclic) bond motifs is 1. The van der Waals surface area contributed by atoms with Gasteiger partial charge in [0, 0.05) is 50.3 Å². The number of carboxylic acid groups (broad SMARTS) is 1. The topological polar surface area (TPSA) is 71.0 Å². The highest BCUT2D eigenvalue weighted by Gasteiger charge is 2.55. The fourth-order valence-corrected chi connectivity index (χ4v) is 5.64. The van der Waals surface area contributed by atoms with E-state index in [1.165, 1.54) is 12.1 Å². The van der Waals surface area contributed by atoms with Crippen molar-refractivity contribution in [1.29, 1.82) is 0 Å². The highest BCUT2D eigenvalue weighted by molar-refractivity contribution is 5.73. The van der Waals surface area contributed by atoms with Gasteiger partial charge < -0.3 is 19.9 Å². The predicted octanol–water partition coefficient (Wildman–Crippen LogP) is 5.44. The van der Waals surface area contributed by atoms with Gasteiger partial charge in [0.15, 0.2) is 6.10 Å². The predicted molar refractivity (Wildman–Crippen MR) is 153 cm³/mol. The monoisotopic (exact) mass is 564 g/mol. The molecule has 0 bridgehead atoms. The van der Waals surface area contributed by atoms with Gasteiger partial charge in [-0.2, -0.15) is 0 Å². The SMILES string of the molecule is CC(C)(C)c1ccc(O[C@@H](Cc2ccc(OCCNC3C4CN(Cc5ccc(F)cc5F)C[C@@H]43)cc2)C(=O)O)cc1. The summed E-state index contributed by atoms with van der Waals surface area (Å²) in [6.07, 6.45) is -0.747. The highest BCUT2D eigenvalue weighted by atomic mass is 19.1. The normalized spacial score (nSPS) is 20.9. The van der Waals surface area contributed by atoms with Crippen molar-refractivity contribution >= 4 is 5.97 Å². The quantitative estimate of drug-likeness (QED) is 0.286. The molecule has 1 saturated heterocycles. The van der Waals surface area contributed by atoms with Gasteiger partial charge in [0.05, 0.1) is 0 Å². The van der Waals surface area contributed by atoms with Crippen molar-refractivity contribution in [2.45, 2.75) is 51.3 Å². The van der Waals surface area contributed by atoms with Crippen molar-refractivity contribution in [3.05, 3.63) is 95.1 Å². The number of hydrogen-bond donors (Lipinski definition) is 2. The van der Waals surface area contributed by atoms with Crippen molar-refractivity contribution in [3.8, 4) is 11.5 Å². The Labute approximate surface area is 240 Å². The average Bonchev–Trinajstić information content (AvgIpc) is 3.37. The van der Waals surface area contributed by atoms with Gasteiger partial charge in [0.2, 0.25) is 0 Å². The Bertz CT molecular complexity index is 1330. The van der Waals surface area contributed by atoms with Crippen LogP contribution in [-0.2, 0) is 23.2 Å². The van der Waals surface area contributed by atoms with Gasteiger partial charge >= 0.3 is 5.97 Å². The van der Waals surface area contributed by atoms with Crippen LogP contribution in [0.2, 0.25) is 0 Å². The largest absolute Gasteiger partial charge is 0.492 e. The number of likely N-dealkylation sites (tertiary alicyclic amines) is 1. The van der Waals surface area contributed by atoms with E-state index in [1.807, 2.05) is 48.5 Å². The first-order valence-corrected chi connectivity index (χ1v) is 14.2. The molecule has 0 amide bonds. The minimum atomic E-state index is -1.01. The molecule has 2 unspecified atom stereocenters.